The van der Waals surface area contributed by atoms with E-state index in [1.54, 1.807) is 7.11 Å². The minimum Gasteiger partial charge on any atom is -0.496 e. The van der Waals surface area contributed by atoms with E-state index in [9.17, 15) is 0 Å². The molecule has 3 nitrogen and oxygen atoms in total. The number of hydrogen-bond donors (Lipinski definition) is 1. The second-order valence-corrected chi connectivity index (χ2v) is 6.44. The van der Waals surface area contributed by atoms with Crippen molar-refractivity contribution in [2.24, 2.45) is 11.1 Å². The molecule has 0 bridgehead atoms. The maximum absolute atomic E-state index is 6.44. The van der Waals surface area contributed by atoms with E-state index in [1.165, 1.54) is 19.3 Å². The topological polar surface area (TPSA) is 38.5 Å². The van der Waals surface area contributed by atoms with Crippen molar-refractivity contribution >= 4 is 11.6 Å². The van der Waals surface area contributed by atoms with Gasteiger partial charge in [0.05, 0.1) is 13.2 Å². The standard InChI is InChI=1S/C17H27ClN2O/c1-4-17(5-2)9-10-20(12-17)14(11-19)16-13(18)7-6-8-15(16)21-3/h6-8,14H,4-5,9-12,19H2,1-3H3. The Morgan fingerprint density at radius 3 is 2.62 bits per heavy atom. The van der Waals surface area contributed by atoms with E-state index in [-0.39, 0.29) is 6.04 Å². The van der Waals surface area contributed by atoms with E-state index in [2.05, 4.69) is 18.7 Å². The van der Waals surface area contributed by atoms with Crippen LogP contribution in [0, 0.1) is 5.41 Å². The minimum absolute atomic E-state index is 0.133. The number of nitrogens with zero attached hydrogens (tertiary/aromatic N) is 1. The summed E-state index contributed by atoms with van der Waals surface area (Å²) in [5, 5.41) is 0.746. The molecule has 0 radical (unpaired) electrons. The minimum atomic E-state index is 0.133. The summed E-state index contributed by atoms with van der Waals surface area (Å²) in [5.74, 6) is 0.837. The molecule has 1 heterocycles. The zero-order valence-electron chi connectivity index (χ0n) is 13.4. The van der Waals surface area contributed by atoms with Crippen molar-refractivity contribution in [3.8, 4) is 5.75 Å². The van der Waals surface area contributed by atoms with Crippen molar-refractivity contribution in [3.63, 3.8) is 0 Å². The monoisotopic (exact) mass is 310 g/mol. The summed E-state index contributed by atoms with van der Waals surface area (Å²) in [6.07, 6.45) is 3.68. The van der Waals surface area contributed by atoms with Crippen LogP contribution in [0.4, 0.5) is 0 Å². The second-order valence-electron chi connectivity index (χ2n) is 6.03. The van der Waals surface area contributed by atoms with Gasteiger partial charge in [0.1, 0.15) is 5.75 Å². The molecule has 0 aromatic heterocycles. The number of hydrogen-bond acceptors (Lipinski definition) is 3. The molecule has 1 unspecified atom stereocenters. The first kappa shape index (κ1) is 16.6. The summed E-state index contributed by atoms with van der Waals surface area (Å²) in [6.45, 7) is 7.32. The fourth-order valence-corrected chi connectivity index (χ4v) is 3.82. The Labute approximate surface area is 133 Å². The van der Waals surface area contributed by atoms with Crippen LogP contribution in [-0.4, -0.2) is 31.6 Å². The molecule has 1 saturated heterocycles. The molecule has 1 atom stereocenters. The molecule has 1 aliphatic rings. The molecule has 0 amide bonds. The van der Waals surface area contributed by atoms with Gasteiger partial charge < -0.3 is 10.5 Å². The Balaban J connectivity index is 2.30. The highest BCUT2D eigenvalue weighted by atomic mass is 35.5. The number of nitrogens with two attached hydrogens (primary N) is 1. The van der Waals surface area contributed by atoms with Gasteiger partial charge in [-0.1, -0.05) is 31.5 Å². The Bertz CT molecular complexity index is 474. The molecule has 0 saturated carbocycles. The second kappa shape index (κ2) is 6.99. The first-order chi connectivity index (χ1) is 10.1. The highest BCUT2D eigenvalue weighted by Crippen LogP contribution is 2.43. The molecule has 1 fully saturated rings. The summed E-state index contributed by atoms with van der Waals surface area (Å²) in [7, 11) is 1.69. The summed E-state index contributed by atoms with van der Waals surface area (Å²) in [6, 6.07) is 5.94. The van der Waals surface area contributed by atoms with Crippen molar-refractivity contribution in [2.75, 3.05) is 26.7 Å². The van der Waals surface area contributed by atoms with Crippen molar-refractivity contribution in [2.45, 2.75) is 39.2 Å². The van der Waals surface area contributed by atoms with E-state index in [1.807, 2.05) is 18.2 Å². The van der Waals surface area contributed by atoms with Gasteiger partial charge in [0.2, 0.25) is 0 Å². The van der Waals surface area contributed by atoms with Gasteiger partial charge in [0.25, 0.3) is 0 Å². The van der Waals surface area contributed by atoms with Crippen LogP contribution in [0.2, 0.25) is 5.02 Å². The first-order valence-electron chi connectivity index (χ1n) is 7.87. The number of benzene rings is 1. The largest absolute Gasteiger partial charge is 0.496 e. The lowest BCUT2D eigenvalue weighted by Crippen LogP contribution is -2.34. The summed E-state index contributed by atoms with van der Waals surface area (Å²) in [5.41, 5.74) is 7.56. The molecule has 2 rings (SSSR count). The Morgan fingerprint density at radius 2 is 2.10 bits per heavy atom. The molecule has 4 heteroatoms. The third-order valence-electron chi connectivity index (χ3n) is 5.20. The third-order valence-corrected chi connectivity index (χ3v) is 5.53. The van der Waals surface area contributed by atoms with E-state index in [0.717, 1.165) is 29.4 Å². The van der Waals surface area contributed by atoms with Crippen molar-refractivity contribution in [1.82, 2.24) is 4.90 Å². The fraction of sp³-hybridized carbons (Fsp3) is 0.647. The normalized spacial score (nSPS) is 19.7. The van der Waals surface area contributed by atoms with Crippen molar-refractivity contribution < 1.29 is 4.74 Å². The highest BCUT2D eigenvalue weighted by Gasteiger charge is 2.38. The van der Waals surface area contributed by atoms with Crippen LogP contribution in [0.15, 0.2) is 18.2 Å². The summed E-state index contributed by atoms with van der Waals surface area (Å²) >= 11 is 6.44. The lowest BCUT2D eigenvalue weighted by atomic mass is 9.82. The quantitative estimate of drug-likeness (QED) is 0.867. The Kier molecular flexibility index (Phi) is 5.53. The third kappa shape index (κ3) is 3.20. The summed E-state index contributed by atoms with van der Waals surface area (Å²) < 4.78 is 5.51. The van der Waals surface area contributed by atoms with E-state index < -0.39 is 0 Å². The lowest BCUT2D eigenvalue weighted by molar-refractivity contribution is 0.195. The average molecular weight is 311 g/mol. The van der Waals surface area contributed by atoms with Gasteiger partial charge in [-0.2, -0.15) is 0 Å². The number of methoxy groups -OCH3 is 1. The van der Waals surface area contributed by atoms with Gasteiger partial charge >= 0.3 is 0 Å². The fourth-order valence-electron chi connectivity index (χ4n) is 3.53. The summed E-state index contributed by atoms with van der Waals surface area (Å²) in [4.78, 5) is 2.48. The highest BCUT2D eigenvalue weighted by molar-refractivity contribution is 6.31. The van der Waals surface area contributed by atoms with Gasteiger partial charge in [0.15, 0.2) is 0 Å². The van der Waals surface area contributed by atoms with E-state index >= 15 is 0 Å². The first-order valence-corrected chi connectivity index (χ1v) is 8.25. The van der Waals surface area contributed by atoms with E-state index in [0.29, 0.717) is 12.0 Å². The molecule has 1 aromatic carbocycles. The molecule has 1 aliphatic heterocycles. The van der Waals surface area contributed by atoms with Crippen LogP contribution >= 0.6 is 11.6 Å². The number of rotatable bonds is 6. The molecular weight excluding hydrogens is 284 g/mol. The van der Waals surface area contributed by atoms with Crippen LogP contribution in [-0.2, 0) is 0 Å². The van der Waals surface area contributed by atoms with Crippen LogP contribution < -0.4 is 10.5 Å². The van der Waals surface area contributed by atoms with E-state index in [4.69, 9.17) is 22.1 Å². The predicted octanol–water partition coefficient (Wildman–Crippen LogP) is 3.86. The smallest absolute Gasteiger partial charge is 0.125 e. The van der Waals surface area contributed by atoms with Crippen LogP contribution in [0.3, 0.4) is 0 Å². The predicted molar refractivity (Wildman–Crippen MR) is 89.0 cm³/mol. The van der Waals surface area contributed by atoms with Crippen molar-refractivity contribution in [3.05, 3.63) is 28.8 Å². The molecule has 118 valence electrons. The lowest BCUT2D eigenvalue weighted by Gasteiger charge is -2.32. The van der Waals surface area contributed by atoms with Crippen LogP contribution in [0.5, 0.6) is 5.75 Å². The maximum Gasteiger partial charge on any atom is 0.125 e. The Morgan fingerprint density at radius 1 is 1.38 bits per heavy atom. The SMILES string of the molecule is CCC1(CC)CCN(C(CN)c2c(Cl)cccc2OC)C1. The van der Waals surface area contributed by atoms with Gasteiger partial charge in [-0.15, -0.1) is 0 Å². The number of halogens is 1. The van der Waals surface area contributed by atoms with Gasteiger partial charge in [0, 0.05) is 23.7 Å². The maximum atomic E-state index is 6.44. The average Bonchev–Trinajstić information content (AvgIpc) is 2.94. The molecule has 0 aliphatic carbocycles. The number of ether oxygens (including phenoxy) is 1. The zero-order chi connectivity index (χ0) is 15.5. The van der Waals surface area contributed by atoms with Crippen LogP contribution in [0.1, 0.15) is 44.7 Å². The van der Waals surface area contributed by atoms with Gasteiger partial charge in [-0.25, -0.2) is 0 Å². The molecule has 21 heavy (non-hydrogen) atoms. The molecular formula is C17H27ClN2O. The zero-order valence-corrected chi connectivity index (χ0v) is 14.1. The molecule has 2 N–H and O–H groups in total. The Hall–Kier alpha value is -0.770. The van der Waals surface area contributed by atoms with Gasteiger partial charge in [-0.05, 0) is 43.4 Å². The van der Waals surface area contributed by atoms with Crippen molar-refractivity contribution in [1.29, 1.82) is 0 Å². The number of likely N-dealkylation sites (tertiary alicyclic amines) is 1. The van der Waals surface area contributed by atoms with Crippen LogP contribution in [0.25, 0.3) is 0 Å². The molecule has 1 aromatic rings. The molecule has 0 spiro atoms. The van der Waals surface area contributed by atoms with Gasteiger partial charge in [-0.3, -0.25) is 4.90 Å².